The van der Waals surface area contributed by atoms with Gasteiger partial charge in [-0.15, -0.1) is 6.58 Å². The van der Waals surface area contributed by atoms with Crippen LogP contribution in [0.15, 0.2) is 45.2 Å². The Morgan fingerprint density at radius 3 is 2.00 bits per heavy atom. The topological polar surface area (TPSA) is 55.9 Å². The largest absolute Gasteiger partial charge is 0.272 e. The highest BCUT2D eigenvalue weighted by atomic mass is 15.7. The van der Waals surface area contributed by atoms with E-state index in [9.17, 15) is 0 Å². The predicted octanol–water partition coefficient (Wildman–Crippen LogP) is 2.10. The van der Waals surface area contributed by atoms with Crippen LogP contribution in [0, 0.1) is 0 Å². The van der Waals surface area contributed by atoms with Gasteiger partial charge < -0.3 is 0 Å². The number of aliphatic imine (C=N–C) groups is 2. The van der Waals surface area contributed by atoms with Gasteiger partial charge in [-0.2, -0.15) is 0 Å². The molecule has 0 unspecified atom stereocenters. The standard InChI is InChI=1S/C6H10N6.C6H10/c1-3-11(5-7-1)9-10-12-4-2-8-6-12;1-3-5-6-4-2/h5-6H,1-4H2;3-4,6H,1,5H2,2H3. The Morgan fingerprint density at radius 2 is 1.72 bits per heavy atom. The first kappa shape index (κ1) is 14.1. The van der Waals surface area contributed by atoms with E-state index in [0.717, 1.165) is 32.6 Å². The van der Waals surface area contributed by atoms with E-state index in [0.29, 0.717) is 0 Å². The summed E-state index contributed by atoms with van der Waals surface area (Å²) in [5, 5.41) is 11.3. The average molecular weight is 248 g/mol. The second-order valence-electron chi connectivity index (χ2n) is 3.64. The summed E-state index contributed by atoms with van der Waals surface area (Å²) >= 11 is 0. The molecule has 0 saturated carbocycles. The van der Waals surface area contributed by atoms with Crippen LogP contribution in [0.4, 0.5) is 0 Å². The van der Waals surface area contributed by atoms with Gasteiger partial charge in [-0.05, 0) is 23.8 Å². The zero-order valence-electron chi connectivity index (χ0n) is 10.8. The third kappa shape index (κ3) is 5.93. The van der Waals surface area contributed by atoms with Gasteiger partial charge in [0.05, 0.1) is 26.2 Å². The Bertz CT molecular complexity index is 320. The van der Waals surface area contributed by atoms with Crippen LogP contribution >= 0.6 is 0 Å². The minimum Gasteiger partial charge on any atom is -0.272 e. The third-order valence-corrected chi connectivity index (χ3v) is 2.15. The highest BCUT2D eigenvalue weighted by Gasteiger charge is 2.05. The summed E-state index contributed by atoms with van der Waals surface area (Å²) < 4.78 is 0. The Labute approximate surface area is 108 Å². The van der Waals surface area contributed by atoms with Gasteiger partial charge in [0.25, 0.3) is 0 Å². The molecule has 0 spiro atoms. The molecule has 0 saturated heterocycles. The van der Waals surface area contributed by atoms with Crippen molar-refractivity contribution in [3.05, 3.63) is 24.8 Å². The van der Waals surface area contributed by atoms with Crippen LogP contribution in [-0.2, 0) is 0 Å². The normalized spacial score (nSPS) is 17.8. The van der Waals surface area contributed by atoms with E-state index in [1.54, 1.807) is 22.7 Å². The fraction of sp³-hybridized carbons (Fsp3) is 0.500. The second kappa shape index (κ2) is 9.09. The van der Waals surface area contributed by atoms with Crippen molar-refractivity contribution < 1.29 is 0 Å². The van der Waals surface area contributed by atoms with Crippen molar-refractivity contribution in [1.29, 1.82) is 0 Å². The molecule has 18 heavy (non-hydrogen) atoms. The van der Waals surface area contributed by atoms with Crippen molar-refractivity contribution in [2.24, 2.45) is 20.4 Å². The monoisotopic (exact) mass is 248 g/mol. The summed E-state index contributed by atoms with van der Waals surface area (Å²) in [6, 6.07) is 0. The Morgan fingerprint density at radius 1 is 1.17 bits per heavy atom. The van der Waals surface area contributed by atoms with Crippen LogP contribution in [0.5, 0.6) is 0 Å². The number of allylic oxidation sites excluding steroid dienone is 3. The molecule has 6 heteroatoms. The van der Waals surface area contributed by atoms with Gasteiger partial charge in [0.2, 0.25) is 0 Å². The van der Waals surface area contributed by atoms with Crippen LogP contribution in [0.25, 0.3) is 0 Å². The Hall–Kier alpha value is -1.98. The van der Waals surface area contributed by atoms with E-state index < -0.39 is 0 Å². The Balaban J connectivity index is 0.000000232. The molecule has 0 radical (unpaired) electrons. The van der Waals surface area contributed by atoms with Crippen LogP contribution in [0.3, 0.4) is 0 Å². The summed E-state index contributed by atoms with van der Waals surface area (Å²) in [6.45, 7) is 8.83. The molecule has 0 N–H and O–H groups in total. The summed E-state index contributed by atoms with van der Waals surface area (Å²) in [4.78, 5) is 8.01. The van der Waals surface area contributed by atoms with E-state index in [4.69, 9.17) is 0 Å². The first-order valence-corrected chi connectivity index (χ1v) is 6.03. The van der Waals surface area contributed by atoms with Gasteiger partial charge >= 0.3 is 0 Å². The molecule has 98 valence electrons. The maximum atomic E-state index is 4.01. The SMILES string of the molecule is C1=NCCN1N=NN1C=NCC1.C=CCC=CC. The van der Waals surface area contributed by atoms with Crippen molar-refractivity contribution >= 4 is 12.7 Å². The summed E-state index contributed by atoms with van der Waals surface area (Å²) in [5.74, 6) is 0. The van der Waals surface area contributed by atoms with Crippen molar-refractivity contribution in [3.8, 4) is 0 Å². The molecule has 2 aliphatic heterocycles. The van der Waals surface area contributed by atoms with Crippen LogP contribution in [0.2, 0.25) is 0 Å². The fourth-order valence-electron chi connectivity index (χ4n) is 1.21. The summed E-state index contributed by atoms with van der Waals surface area (Å²) in [5.41, 5.74) is 0. The van der Waals surface area contributed by atoms with Gasteiger partial charge in [0.1, 0.15) is 12.7 Å². The lowest BCUT2D eigenvalue weighted by molar-refractivity contribution is 0.372. The molecule has 0 aliphatic carbocycles. The van der Waals surface area contributed by atoms with Crippen LogP contribution < -0.4 is 0 Å². The highest BCUT2D eigenvalue weighted by Crippen LogP contribution is 1.98. The minimum atomic E-state index is 0.813. The predicted molar refractivity (Wildman–Crippen MR) is 74.6 cm³/mol. The lowest BCUT2D eigenvalue weighted by Crippen LogP contribution is -2.16. The zero-order chi connectivity index (χ0) is 13.1. The van der Waals surface area contributed by atoms with Gasteiger partial charge in [-0.3, -0.25) is 9.98 Å². The molecule has 0 amide bonds. The average Bonchev–Trinajstić information content (AvgIpc) is 3.07. The molecular formula is C12H20N6. The second-order valence-corrected chi connectivity index (χ2v) is 3.64. The smallest absolute Gasteiger partial charge is 0.108 e. The molecule has 6 nitrogen and oxygen atoms in total. The van der Waals surface area contributed by atoms with E-state index in [1.165, 1.54) is 0 Å². The first-order valence-electron chi connectivity index (χ1n) is 6.03. The molecule has 2 heterocycles. The molecule has 0 aromatic carbocycles. The maximum Gasteiger partial charge on any atom is 0.108 e. The van der Waals surface area contributed by atoms with E-state index in [2.05, 4.69) is 33.1 Å². The van der Waals surface area contributed by atoms with Crippen molar-refractivity contribution in [1.82, 2.24) is 10.0 Å². The van der Waals surface area contributed by atoms with Gasteiger partial charge in [0, 0.05) is 0 Å². The third-order valence-electron chi connectivity index (χ3n) is 2.15. The lowest BCUT2D eigenvalue weighted by Gasteiger charge is -2.06. The number of hydrogen-bond acceptors (Lipinski definition) is 4. The first-order chi connectivity index (χ1) is 8.86. The molecular weight excluding hydrogens is 228 g/mol. The van der Waals surface area contributed by atoms with Gasteiger partial charge in [-0.1, -0.05) is 18.2 Å². The van der Waals surface area contributed by atoms with E-state index in [-0.39, 0.29) is 0 Å². The van der Waals surface area contributed by atoms with Crippen molar-refractivity contribution in [2.45, 2.75) is 13.3 Å². The van der Waals surface area contributed by atoms with Crippen LogP contribution in [-0.4, -0.2) is 48.9 Å². The van der Waals surface area contributed by atoms with Crippen LogP contribution in [0.1, 0.15) is 13.3 Å². The highest BCUT2D eigenvalue weighted by molar-refractivity contribution is 5.57. The zero-order valence-corrected chi connectivity index (χ0v) is 10.8. The van der Waals surface area contributed by atoms with Crippen molar-refractivity contribution in [2.75, 3.05) is 26.2 Å². The molecule has 2 rings (SSSR count). The number of nitrogens with zero attached hydrogens (tertiary/aromatic N) is 6. The molecule has 0 aromatic heterocycles. The molecule has 0 bridgehead atoms. The van der Waals surface area contributed by atoms with E-state index >= 15 is 0 Å². The molecule has 2 aliphatic rings. The van der Waals surface area contributed by atoms with E-state index in [1.807, 2.05) is 19.1 Å². The molecule has 0 aromatic rings. The lowest BCUT2D eigenvalue weighted by atomic mass is 10.4. The molecule has 0 atom stereocenters. The quantitative estimate of drug-likeness (QED) is 0.565. The molecule has 0 fully saturated rings. The van der Waals surface area contributed by atoms with Crippen molar-refractivity contribution in [3.63, 3.8) is 0 Å². The maximum absolute atomic E-state index is 4.01. The summed E-state index contributed by atoms with van der Waals surface area (Å²) in [7, 11) is 0. The Kier molecular flexibility index (Phi) is 7.11. The van der Waals surface area contributed by atoms with Gasteiger partial charge in [0.15, 0.2) is 0 Å². The summed E-state index contributed by atoms with van der Waals surface area (Å²) in [6.07, 6.45) is 10.3. The van der Waals surface area contributed by atoms with Gasteiger partial charge in [-0.25, -0.2) is 10.0 Å². The minimum absolute atomic E-state index is 0.813. The number of hydrogen-bond donors (Lipinski definition) is 0. The fourth-order valence-corrected chi connectivity index (χ4v) is 1.21. The number of rotatable bonds is 4.